The van der Waals surface area contributed by atoms with Gasteiger partial charge in [-0.05, 0) is 29.9 Å². The normalized spacial score (nSPS) is 19.5. The van der Waals surface area contributed by atoms with E-state index in [0.29, 0.717) is 5.92 Å². The molecule has 0 aromatic heterocycles. The molecule has 2 heteroatoms. The van der Waals surface area contributed by atoms with Crippen molar-refractivity contribution in [3.8, 4) is 0 Å². The van der Waals surface area contributed by atoms with Crippen LogP contribution in [0.4, 0.5) is 0 Å². The highest BCUT2D eigenvalue weighted by molar-refractivity contribution is 9.09. The lowest BCUT2D eigenvalue weighted by molar-refractivity contribution is 0.0584. The zero-order valence-corrected chi connectivity index (χ0v) is 12.3. The van der Waals surface area contributed by atoms with Crippen LogP contribution in [-0.4, -0.2) is 18.5 Å². The van der Waals surface area contributed by atoms with Crippen molar-refractivity contribution in [3.63, 3.8) is 0 Å². The van der Waals surface area contributed by atoms with Gasteiger partial charge in [-0.15, -0.1) is 0 Å². The van der Waals surface area contributed by atoms with Gasteiger partial charge in [-0.3, -0.25) is 0 Å². The van der Waals surface area contributed by atoms with Gasteiger partial charge in [0.05, 0.1) is 0 Å². The molecule has 17 heavy (non-hydrogen) atoms. The van der Waals surface area contributed by atoms with Crippen molar-refractivity contribution >= 4 is 15.9 Å². The number of halogens is 1. The average Bonchev–Trinajstić information content (AvgIpc) is 2.39. The Balaban J connectivity index is 2.24. The van der Waals surface area contributed by atoms with Gasteiger partial charge in [0.15, 0.2) is 0 Å². The first-order valence-corrected chi connectivity index (χ1v) is 7.54. The summed E-state index contributed by atoms with van der Waals surface area (Å²) in [5.74, 6) is 0.610. The second-order valence-corrected chi connectivity index (χ2v) is 5.86. The minimum Gasteiger partial charge on any atom is -0.381 e. The van der Waals surface area contributed by atoms with E-state index in [4.69, 9.17) is 4.74 Å². The molecule has 1 fully saturated rings. The maximum Gasteiger partial charge on any atom is 0.0474 e. The van der Waals surface area contributed by atoms with E-state index in [1.54, 1.807) is 0 Å². The Morgan fingerprint density at radius 3 is 2.24 bits per heavy atom. The Morgan fingerprint density at radius 1 is 1.18 bits per heavy atom. The molecule has 1 aromatic carbocycles. The highest BCUT2D eigenvalue weighted by atomic mass is 79.9. The Morgan fingerprint density at radius 2 is 1.76 bits per heavy atom. The molecule has 1 saturated heterocycles. The summed E-state index contributed by atoms with van der Waals surface area (Å²) >= 11 is 3.70. The van der Waals surface area contributed by atoms with Crippen LogP contribution in [0, 0.1) is 0 Å². The fraction of sp³-hybridized carbons (Fsp3) is 0.600. The van der Waals surface area contributed by atoms with Crippen LogP contribution in [0.1, 0.15) is 43.7 Å². The maximum atomic E-state index is 5.49. The fourth-order valence-electron chi connectivity index (χ4n) is 2.48. The molecule has 0 N–H and O–H groups in total. The first-order chi connectivity index (χ1) is 8.18. The molecule has 1 heterocycles. The maximum absolute atomic E-state index is 5.49. The summed E-state index contributed by atoms with van der Waals surface area (Å²) < 4.78 is 5.49. The van der Waals surface area contributed by atoms with E-state index in [-0.39, 0.29) is 5.41 Å². The molecule has 1 aliphatic heterocycles. The number of hydrogen-bond donors (Lipinski definition) is 0. The predicted octanol–water partition coefficient (Wildman–Crippen LogP) is 4.25. The standard InChI is InChI=1S/C15H21BrO/c1-12(2)13-3-5-14(6-4-13)15(11-16)7-9-17-10-8-15/h3-6,12H,7-11H2,1-2H3. The highest BCUT2D eigenvalue weighted by Crippen LogP contribution is 2.36. The molecule has 1 aromatic rings. The minimum absolute atomic E-state index is 0.285. The lowest BCUT2D eigenvalue weighted by Gasteiger charge is -2.36. The molecule has 0 atom stereocenters. The number of benzene rings is 1. The van der Waals surface area contributed by atoms with Gasteiger partial charge in [-0.2, -0.15) is 0 Å². The number of hydrogen-bond acceptors (Lipinski definition) is 1. The number of ether oxygens (including phenoxy) is 1. The van der Waals surface area contributed by atoms with Gasteiger partial charge in [-0.25, -0.2) is 0 Å². The number of alkyl halides is 1. The molecule has 0 aliphatic carbocycles. The van der Waals surface area contributed by atoms with Crippen molar-refractivity contribution in [2.75, 3.05) is 18.5 Å². The van der Waals surface area contributed by atoms with Crippen LogP contribution in [0.25, 0.3) is 0 Å². The number of rotatable bonds is 3. The average molecular weight is 297 g/mol. The van der Waals surface area contributed by atoms with Crippen LogP contribution in [0.15, 0.2) is 24.3 Å². The second-order valence-electron chi connectivity index (χ2n) is 5.30. The molecule has 0 bridgehead atoms. The lowest BCUT2D eigenvalue weighted by Crippen LogP contribution is -2.35. The van der Waals surface area contributed by atoms with E-state index in [0.717, 1.165) is 31.4 Å². The summed E-state index contributed by atoms with van der Waals surface area (Å²) in [6.07, 6.45) is 2.25. The Labute approximate surface area is 113 Å². The van der Waals surface area contributed by atoms with Crippen LogP contribution < -0.4 is 0 Å². The van der Waals surface area contributed by atoms with E-state index in [2.05, 4.69) is 54.0 Å². The van der Waals surface area contributed by atoms with Crippen LogP contribution in [0.5, 0.6) is 0 Å². The van der Waals surface area contributed by atoms with Gasteiger partial charge >= 0.3 is 0 Å². The summed E-state index contributed by atoms with van der Waals surface area (Å²) in [7, 11) is 0. The molecule has 0 spiro atoms. The lowest BCUT2D eigenvalue weighted by atomic mass is 9.75. The molecule has 0 amide bonds. The van der Waals surface area contributed by atoms with Crippen LogP contribution in [0.2, 0.25) is 0 Å². The van der Waals surface area contributed by atoms with Crippen molar-refractivity contribution < 1.29 is 4.74 Å². The molecular weight excluding hydrogens is 276 g/mol. The Hall–Kier alpha value is -0.340. The highest BCUT2D eigenvalue weighted by Gasteiger charge is 2.33. The quantitative estimate of drug-likeness (QED) is 0.758. The van der Waals surface area contributed by atoms with Crippen LogP contribution in [-0.2, 0) is 10.2 Å². The fourth-order valence-corrected chi connectivity index (χ4v) is 3.37. The third-order valence-corrected chi connectivity index (χ3v) is 4.97. The Bertz CT molecular complexity index is 350. The van der Waals surface area contributed by atoms with Crippen molar-refractivity contribution in [2.24, 2.45) is 0 Å². The summed E-state index contributed by atoms with van der Waals surface area (Å²) in [5.41, 5.74) is 3.17. The molecule has 0 saturated carbocycles. The largest absolute Gasteiger partial charge is 0.381 e. The summed E-state index contributed by atoms with van der Waals surface area (Å²) in [6.45, 7) is 6.25. The predicted molar refractivity (Wildman–Crippen MR) is 76.1 cm³/mol. The molecule has 1 nitrogen and oxygen atoms in total. The van der Waals surface area contributed by atoms with Gasteiger partial charge in [0, 0.05) is 24.0 Å². The smallest absolute Gasteiger partial charge is 0.0474 e. The van der Waals surface area contributed by atoms with Crippen molar-refractivity contribution in [2.45, 2.75) is 38.0 Å². The molecular formula is C15H21BrO. The van der Waals surface area contributed by atoms with E-state index < -0.39 is 0 Å². The van der Waals surface area contributed by atoms with E-state index in [9.17, 15) is 0 Å². The summed E-state index contributed by atoms with van der Waals surface area (Å²) in [5, 5.41) is 1.03. The van der Waals surface area contributed by atoms with E-state index >= 15 is 0 Å². The molecule has 2 rings (SSSR count). The second kappa shape index (κ2) is 5.53. The van der Waals surface area contributed by atoms with Crippen LogP contribution in [0.3, 0.4) is 0 Å². The third kappa shape index (κ3) is 2.74. The SMILES string of the molecule is CC(C)c1ccc(C2(CBr)CCOCC2)cc1. The van der Waals surface area contributed by atoms with Gasteiger partial charge in [-0.1, -0.05) is 54.0 Å². The topological polar surface area (TPSA) is 9.23 Å². The van der Waals surface area contributed by atoms with E-state index in [1.165, 1.54) is 11.1 Å². The zero-order valence-electron chi connectivity index (χ0n) is 10.7. The van der Waals surface area contributed by atoms with Gasteiger partial charge < -0.3 is 4.74 Å². The van der Waals surface area contributed by atoms with Crippen molar-refractivity contribution in [3.05, 3.63) is 35.4 Å². The molecule has 0 radical (unpaired) electrons. The molecule has 0 unspecified atom stereocenters. The van der Waals surface area contributed by atoms with Gasteiger partial charge in [0.2, 0.25) is 0 Å². The van der Waals surface area contributed by atoms with E-state index in [1.807, 2.05) is 0 Å². The van der Waals surface area contributed by atoms with Crippen LogP contribution >= 0.6 is 15.9 Å². The minimum atomic E-state index is 0.285. The van der Waals surface area contributed by atoms with Gasteiger partial charge in [0.25, 0.3) is 0 Å². The zero-order chi connectivity index (χ0) is 12.3. The first-order valence-electron chi connectivity index (χ1n) is 6.42. The van der Waals surface area contributed by atoms with Gasteiger partial charge in [0.1, 0.15) is 0 Å². The first kappa shape index (κ1) is 13.1. The molecule has 1 aliphatic rings. The van der Waals surface area contributed by atoms with Crippen molar-refractivity contribution in [1.82, 2.24) is 0 Å². The Kier molecular flexibility index (Phi) is 4.26. The van der Waals surface area contributed by atoms with Crippen molar-refractivity contribution in [1.29, 1.82) is 0 Å². The summed E-state index contributed by atoms with van der Waals surface area (Å²) in [4.78, 5) is 0. The monoisotopic (exact) mass is 296 g/mol. The summed E-state index contributed by atoms with van der Waals surface area (Å²) in [6, 6.07) is 9.17. The third-order valence-electron chi connectivity index (χ3n) is 3.90. The molecule has 94 valence electrons.